The van der Waals surface area contributed by atoms with Crippen molar-refractivity contribution in [2.24, 2.45) is 4.99 Å². The Bertz CT molecular complexity index is 658. The van der Waals surface area contributed by atoms with E-state index < -0.39 is 5.60 Å². The summed E-state index contributed by atoms with van der Waals surface area (Å²) in [5.74, 6) is 0.599. The molecule has 2 rings (SSSR count). The first-order chi connectivity index (χ1) is 12.8. The molecule has 1 aromatic carbocycles. The summed E-state index contributed by atoms with van der Waals surface area (Å²) < 4.78 is 18.6. The molecule has 0 radical (unpaired) electrons. The lowest BCUT2D eigenvalue weighted by molar-refractivity contribution is 0.0507. The minimum atomic E-state index is -0.504. The van der Waals surface area contributed by atoms with Crippen LogP contribution >= 0.6 is 0 Å². The second-order valence-electron chi connectivity index (χ2n) is 7.69. The molecule has 1 aliphatic heterocycles. The Morgan fingerprint density at radius 3 is 2.85 bits per heavy atom. The molecule has 1 saturated heterocycles. The van der Waals surface area contributed by atoms with Gasteiger partial charge in [-0.05, 0) is 58.2 Å². The molecule has 0 aliphatic carbocycles. The molecule has 6 nitrogen and oxygen atoms in total. The monoisotopic (exact) mass is 378 g/mol. The molecular weight excluding hydrogens is 347 g/mol. The zero-order valence-corrected chi connectivity index (χ0v) is 16.7. The largest absolute Gasteiger partial charge is 0.444 e. The maximum absolute atomic E-state index is 13.3. The Hall–Kier alpha value is -2.31. The predicted octanol–water partition coefficient (Wildman–Crippen LogP) is 2.93. The van der Waals surface area contributed by atoms with Crippen LogP contribution in [0.25, 0.3) is 0 Å². The number of hydrogen-bond donors (Lipinski definition) is 2. The Morgan fingerprint density at radius 1 is 1.41 bits per heavy atom. The number of rotatable bonds is 5. The van der Waals surface area contributed by atoms with Crippen LogP contribution < -0.4 is 10.6 Å². The van der Waals surface area contributed by atoms with E-state index in [1.807, 2.05) is 33.8 Å². The van der Waals surface area contributed by atoms with E-state index in [4.69, 9.17) is 4.74 Å². The summed E-state index contributed by atoms with van der Waals surface area (Å²) in [6.45, 7) is 10.4. The van der Waals surface area contributed by atoms with E-state index in [0.717, 1.165) is 31.0 Å². The number of carbonyl (C=O) groups excluding carboxylic acids is 1. The zero-order valence-electron chi connectivity index (χ0n) is 16.7. The van der Waals surface area contributed by atoms with E-state index >= 15 is 0 Å². The van der Waals surface area contributed by atoms with Crippen LogP contribution in [-0.2, 0) is 11.2 Å². The molecule has 7 heteroatoms. The van der Waals surface area contributed by atoms with Crippen molar-refractivity contribution in [2.75, 3.05) is 26.2 Å². The number of aliphatic imine (C=N–C) groups is 1. The number of nitrogens with zero attached hydrogens (tertiary/aromatic N) is 2. The van der Waals surface area contributed by atoms with Gasteiger partial charge in [-0.1, -0.05) is 12.1 Å². The van der Waals surface area contributed by atoms with Gasteiger partial charge in [0, 0.05) is 26.2 Å². The number of carbonyl (C=O) groups is 1. The van der Waals surface area contributed by atoms with Crippen LogP contribution in [0.15, 0.2) is 29.3 Å². The molecule has 1 atom stereocenters. The summed E-state index contributed by atoms with van der Waals surface area (Å²) in [6, 6.07) is 6.64. The van der Waals surface area contributed by atoms with Gasteiger partial charge in [0.15, 0.2) is 5.96 Å². The average Bonchev–Trinajstić information content (AvgIpc) is 3.00. The number of likely N-dealkylation sites (tertiary alicyclic amines) is 1. The number of benzene rings is 1. The van der Waals surface area contributed by atoms with Gasteiger partial charge in [-0.2, -0.15) is 0 Å². The smallest absolute Gasteiger partial charge is 0.407 e. The number of nitrogens with one attached hydrogen (secondary N) is 2. The number of halogens is 1. The average molecular weight is 378 g/mol. The van der Waals surface area contributed by atoms with E-state index in [1.54, 1.807) is 12.1 Å². The first-order valence-corrected chi connectivity index (χ1v) is 9.54. The molecule has 0 spiro atoms. The molecule has 1 unspecified atom stereocenters. The highest BCUT2D eigenvalue weighted by Gasteiger charge is 2.27. The van der Waals surface area contributed by atoms with Gasteiger partial charge in [0.1, 0.15) is 11.4 Å². The van der Waals surface area contributed by atoms with Crippen molar-refractivity contribution < 1.29 is 13.9 Å². The second-order valence-corrected chi connectivity index (χ2v) is 7.69. The lowest BCUT2D eigenvalue weighted by Crippen LogP contribution is -2.44. The van der Waals surface area contributed by atoms with Crippen molar-refractivity contribution in [1.29, 1.82) is 0 Å². The number of ether oxygens (including phenoxy) is 1. The lowest BCUT2D eigenvalue weighted by atomic mass is 10.1. The van der Waals surface area contributed by atoms with Crippen molar-refractivity contribution in [3.05, 3.63) is 35.6 Å². The number of alkyl carbamates (subject to hydrolysis) is 1. The highest BCUT2D eigenvalue weighted by Crippen LogP contribution is 2.12. The fourth-order valence-electron chi connectivity index (χ4n) is 2.95. The molecular formula is C20H31FN4O2. The van der Waals surface area contributed by atoms with E-state index in [9.17, 15) is 9.18 Å². The quantitative estimate of drug-likeness (QED) is 0.611. The molecule has 1 amide bonds. The van der Waals surface area contributed by atoms with Crippen LogP contribution in [0.5, 0.6) is 0 Å². The summed E-state index contributed by atoms with van der Waals surface area (Å²) in [7, 11) is 0. The van der Waals surface area contributed by atoms with Gasteiger partial charge in [0.2, 0.25) is 0 Å². The van der Waals surface area contributed by atoms with Gasteiger partial charge in [-0.25, -0.2) is 9.18 Å². The molecule has 1 aliphatic rings. The van der Waals surface area contributed by atoms with Crippen LogP contribution in [0.1, 0.15) is 39.7 Å². The van der Waals surface area contributed by atoms with Crippen LogP contribution in [0, 0.1) is 5.82 Å². The standard InChI is InChI=1S/C20H31FN4O2/c1-5-22-18(23-11-9-15-7-6-8-16(21)13-15)25-12-10-17(14-25)24-19(26)27-20(2,3)4/h6-8,13,17H,5,9-12,14H2,1-4H3,(H,22,23)(H,24,26). The minimum Gasteiger partial charge on any atom is -0.444 e. The Balaban J connectivity index is 1.88. The number of amides is 1. The van der Waals surface area contributed by atoms with Crippen LogP contribution in [0.2, 0.25) is 0 Å². The van der Waals surface area contributed by atoms with Gasteiger partial charge in [0.05, 0.1) is 6.04 Å². The second kappa shape index (κ2) is 9.58. The third-order valence-corrected chi connectivity index (χ3v) is 4.09. The fourth-order valence-corrected chi connectivity index (χ4v) is 2.95. The first-order valence-electron chi connectivity index (χ1n) is 9.54. The summed E-state index contributed by atoms with van der Waals surface area (Å²) in [5, 5.41) is 6.22. The summed E-state index contributed by atoms with van der Waals surface area (Å²) in [5.41, 5.74) is 0.427. The molecule has 2 N–H and O–H groups in total. The predicted molar refractivity (Wildman–Crippen MR) is 105 cm³/mol. The summed E-state index contributed by atoms with van der Waals surface area (Å²) >= 11 is 0. The molecule has 0 aromatic heterocycles. The minimum absolute atomic E-state index is 0.0342. The zero-order chi connectivity index (χ0) is 19.9. The number of guanidine groups is 1. The maximum Gasteiger partial charge on any atom is 0.407 e. The van der Waals surface area contributed by atoms with Gasteiger partial charge in [-0.15, -0.1) is 0 Å². The normalized spacial score (nSPS) is 17.7. The molecule has 0 bridgehead atoms. The fraction of sp³-hybridized carbons (Fsp3) is 0.600. The molecule has 0 saturated carbocycles. The Kier molecular flexibility index (Phi) is 7.45. The van der Waals surface area contributed by atoms with E-state index in [0.29, 0.717) is 19.5 Å². The third-order valence-electron chi connectivity index (χ3n) is 4.09. The molecule has 27 heavy (non-hydrogen) atoms. The van der Waals surface area contributed by atoms with Gasteiger partial charge >= 0.3 is 6.09 Å². The Labute approximate surface area is 161 Å². The van der Waals surface area contributed by atoms with E-state index in [-0.39, 0.29) is 18.0 Å². The molecule has 1 fully saturated rings. The Morgan fingerprint density at radius 2 is 2.19 bits per heavy atom. The van der Waals surface area contributed by atoms with Crippen molar-refractivity contribution in [1.82, 2.24) is 15.5 Å². The van der Waals surface area contributed by atoms with E-state index in [2.05, 4.69) is 20.5 Å². The first kappa shape index (κ1) is 21.0. The maximum atomic E-state index is 13.3. The van der Waals surface area contributed by atoms with Crippen molar-refractivity contribution >= 4 is 12.1 Å². The topological polar surface area (TPSA) is 66.0 Å². The van der Waals surface area contributed by atoms with Gasteiger partial charge in [0.25, 0.3) is 0 Å². The summed E-state index contributed by atoms with van der Waals surface area (Å²) in [4.78, 5) is 18.7. The van der Waals surface area contributed by atoms with Gasteiger partial charge < -0.3 is 20.3 Å². The third kappa shape index (κ3) is 7.45. The van der Waals surface area contributed by atoms with Crippen molar-refractivity contribution in [2.45, 2.75) is 52.2 Å². The lowest BCUT2D eigenvalue weighted by Gasteiger charge is -2.23. The molecule has 1 aromatic rings. The summed E-state index contributed by atoms with van der Waals surface area (Å²) in [6.07, 6.45) is 1.13. The van der Waals surface area contributed by atoms with Crippen molar-refractivity contribution in [3.63, 3.8) is 0 Å². The van der Waals surface area contributed by atoms with Crippen LogP contribution in [0.4, 0.5) is 9.18 Å². The molecule has 150 valence electrons. The van der Waals surface area contributed by atoms with Crippen molar-refractivity contribution in [3.8, 4) is 0 Å². The van der Waals surface area contributed by atoms with Crippen LogP contribution in [-0.4, -0.2) is 54.8 Å². The number of hydrogen-bond acceptors (Lipinski definition) is 3. The van der Waals surface area contributed by atoms with Gasteiger partial charge in [-0.3, -0.25) is 4.99 Å². The highest BCUT2D eigenvalue weighted by molar-refractivity contribution is 5.80. The SMILES string of the molecule is CCNC(=NCCc1cccc(F)c1)N1CCC(NC(=O)OC(C)(C)C)C1. The van der Waals surface area contributed by atoms with E-state index in [1.165, 1.54) is 6.07 Å². The van der Waals surface area contributed by atoms with Crippen LogP contribution in [0.3, 0.4) is 0 Å². The molecule has 1 heterocycles. The highest BCUT2D eigenvalue weighted by atomic mass is 19.1.